The molecule has 7 heteroatoms. The van der Waals surface area contributed by atoms with Gasteiger partial charge in [-0.2, -0.15) is 13.2 Å². The summed E-state index contributed by atoms with van der Waals surface area (Å²) < 4.78 is 37.8. The van der Waals surface area contributed by atoms with Crippen molar-refractivity contribution in [1.82, 2.24) is 10.2 Å². The third-order valence-corrected chi connectivity index (χ3v) is 3.84. The number of likely N-dealkylation sites (tertiary alicyclic amines) is 1. The number of carbonyl (C=O) groups excluding carboxylic acids is 2. The Hall–Kier alpha value is -2.05. The maximum absolute atomic E-state index is 12.6. The highest BCUT2D eigenvalue weighted by Crippen LogP contribution is 2.33. The van der Waals surface area contributed by atoms with Gasteiger partial charge in [0, 0.05) is 13.0 Å². The lowest BCUT2D eigenvalue weighted by Crippen LogP contribution is -2.56. The number of nitrogens with one attached hydrogen (secondary N) is 1. The molecule has 1 atom stereocenters. The predicted octanol–water partition coefficient (Wildman–Crippen LogP) is 2.25. The van der Waals surface area contributed by atoms with E-state index >= 15 is 0 Å². The molecule has 0 aromatic heterocycles. The van der Waals surface area contributed by atoms with Gasteiger partial charge >= 0.3 is 6.18 Å². The largest absolute Gasteiger partial charge is 0.406 e. The highest BCUT2D eigenvalue weighted by molar-refractivity contribution is 5.94. The van der Waals surface area contributed by atoms with Crippen molar-refractivity contribution >= 4 is 11.8 Å². The monoisotopic (exact) mass is 314 g/mol. The van der Waals surface area contributed by atoms with E-state index in [2.05, 4.69) is 5.32 Å². The van der Waals surface area contributed by atoms with E-state index < -0.39 is 30.1 Å². The second-order valence-corrected chi connectivity index (χ2v) is 5.54. The first-order chi connectivity index (χ1) is 10.2. The molecule has 0 bridgehead atoms. The number of rotatable bonds is 4. The molecule has 2 amide bonds. The number of hydrogen-bond acceptors (Lipinski definition) is 2. The lowest BCUT2D eigenvalue weighted by molar-refractivity contribution is -0.169. The van der Waals surface area contributed by atoms with Gasteiger partial charge in [0.2, 0.25) is 11.8 Å². The number of benzene rings is 1. The first-order valence-corrected chi connectivity index (χ1v) is 6.92. The van der Waals surface area contributed by atoms with Crippen molar-refractivity contribution in [3.05, 3.63) is 35.9 Å². The molecule has 1 aromatic carbocycles. The second-order valence-electron chi connectivity index (χ2n) is 5.54. The highest BCUT2D eigenvalue weighted by Gasteiger charge is 2.50. The third kappa shape index (κ3) is 3.58. The summed E-state index contributed by atoms with van der Waals surface area (Å²) in [5.41, 5.74) is -0.618. The molecule has 22 heavy (non-hydrogen) atoms. The van der Waals surface area contributed by atoms with Gasteiger partial charge in [0.1, 0.15) is 12.1 Å². The molecule has 0 aliphatic carbocycles. The van der Waals surface area contributed by atoms with Crippen molar-refractivity contribution in [3.8, 4) is 0 Å². The molecular formula is C15H17F3N2O2. The maximum atomic E-state index is 12.6. The Bertz CT molecular complexity index is 560. The summed E-state index contributed by atoms with van der Waals surface area (Å²) in [6, 6.07) is 9.04. The fraction of sp³-hybridized carbons (Fsp3) is 0.467. The maximum Gasteiger partial charge on any atom is 0.406 e. The van der Waals surface area contributed by atoms with Crippen molar-refractivity contribution < 1.29 is 22.8 Å². The predicted molar refractivity (Wildman–Crippen MR) is 73.7 cm³/mol. The minimum atomic E-state index is -4.53. The van der Waals surface area contributed by atoms with Crippen LogP contribution in [0.4, 0.5) is 13.2 Å². The SMILES string of the molecule is CC1(C(=O)NCc2ccccc2)CCC(=O)N1CC(F)(F)F. The van der Waals surface area contributed by atoms with Crippen LogP contribution in [0.1, 0.15) is 25.3 Å². The quantitative estimate of drug-likeness (QED) is 0.926. The molecule has 1 fully saturated rings. The van der Waals surface area contributed by atoms with Crippen molar-refractivity contribution in [2.24, 2.45) is 0 Å². The topological polar surface area (TPSA) is 49.4 Å². The summed E-state index contributed by atoms with van der Waals surface area (Å²) in [4.78, 5) is 24.6. The molecule has 0 radical (unpaired) electrons. The molecule has 1 aliphatic rings. The number of carbonyl (C=O) groups is 2. The molecular weight excluding hydrogens is 297 g/mol. The Morgan fingerprint density at radius 2 is 1.95 bits per heavy atom. The molecule has 1 heterocycles. The summed E-state index contributed by atoms with van der Waals surface area (Å²) in [6.45, 7) is 0.189. The Labute approximate surface area is 126 Å². The summed E-state index contributed by atoms with van der Waals surface area (Å²) in [7, 11) is 0. The lowest BCUT2D eigenvalue weighted by Gasteiger charge is -2.34. The van der Waals surface area contributed by atoms with Gasteiger partial charge in [-0.3, -0.25) is 9.59 Å². The van der Waals surface area contributed by atoms with E-state index in [4.69, 9.17) is 0 Å². The van der Waals surface area contributed by atoms with Crippen LogP contribution < -0.4 is 5.32 Å². The van der Waals surface area contributed by atoms with Gasteiger partial charge in [-0.1, -0.05) is 30.3 Å². The molecule has 0 spiro atoms. The molecule has 1 aliphatic heterocycles. The minimum absolute atomic E-state index is 0.0503. The Morgan fingerprint density at radius 1 is 1.32 bits per heavy atom. The van der Waals surface area contributed by atoms with Crippen LogP contribution in [0.2, 0.25) is 0 Å². The molecule has 1 N–H and O–H groups in total. The molecule has 4 nitrogen and oxygen atoms in total. The average molecular weight is 314 g/mol. The zero-order valence-corrected chi connectivity index (χ0v) is 12.1. The van der Waals surface area contributed by atoms with E-state index in [1.54, 1.807) is 24.3 Å². The summed E-state index contributed by atoms with van der Waals surface area (Å²) in [5, 5.41) is 2.62. The fourth-order valence-corrected chi connectivity index (χ4v) is 2.54. The summed E-state index contributed by atoms with van der Waals surface area (Å²) in [6.07, 6.45) is -4.49. The van der Waals surface area contributed by atoms with Crippen molar-refractivity contribution in [1.29, 1.82) is 0 Å². The number of nitrogens with zero attached hydrogens (tertiary/aromatic N) is 1. The first kappa shape index (κ1) is 16.3. The zero-order chi connectivity index (χ0) is 16.4. The highest BCUT2D eigenvalue weighted by atomic mass is 19.4. The Morgan fingerprint density at radius 3 is 2.55 bits per heavy atom. The van der Waals surface area contributed by atoms with Gasteiger partial charge in [-0.15, -0.1) is 0 Å². The van der Waals surface area contributed by atoms with Gasteiger partial charge in [-0.25, -0.2) is 0 Å². The van der Waals surface area contributed by atoms with Crippen molar-refractivity contribution in [3.63, 3.8) is 0 Å². The number of amides is 2. The number of alkyl halides is 3. The van der Waals surface area contributed by atoms with Crippen LogP contribution in [0, 0.1) is 0 Å². The molecule has 120 valence electrons. The van der Waals surface area contributed by atoms with Gasteiger partial charge in [0.05, 0.1) is 0 Å². The Balaban J connectivity index is 2.07. The van der Waals surface area contributed by atoms with Crippen LogP contribution in [0.15, 0.2) is 30.3 Å². The van der Waals surface area contributed by atoms with E-state index in [1.807, 2.05) is 6.07 Å². The van der Waals surface area contributed by atoms with Crippen LogP contribution in [0.25, 0.3) is 0 Å². The fourth-order valence-electron chi connectivity index (χ4n) is 2.54. The summed E-state index contributed by atoms with van der Waals surface area (Å²) in [5.74, 6) is -1.21. The average Bonchev–Trinajstić information content (AvgIpc) is 2.74. The van der Waals surface area contributed by atoms with E-state index in [9.17, 15) is 22.8 Å². The smallest absolute Gasteiger partial charge is 0.350 e. The van der Waals surface area contributed by atoms with E-state index in [0.29, 0.717) is 4.90 Å². The normalized spacial score (nSPS) is 22.0. The molecule has 0 saturated carbocycles. The molecule has 1 saturated heterocycles. The zero-order valence-electron chi connectivity index (χ0n) is 12.1. The number of halogens is 3. The van der Waals surface area contributed by atoms with Crippen molar-refractivity contribution in [2.45, 2.75) is 38.0 Å². The lowest BCUT2D eigenvalue weighted by atomic mass is 9.97. The van der Waals surface area contributed by atoms with Crippen LogP contribution in [0.3, 0.4) is 0 Å². The van der Waals surface area contributed by atoms with Gasteiger partial charge in [0.25, 0.3) is 0 Å². The standard InChI is InChI=1S/C15H17F3N2O2/c1-14(8-7-12(21)20(14)10-15(16,17)18)13(22)19-9-11-5-3-2-4-6-11/h2-6H,7-10H2,1H3,(H,19,22). The third-order valence-electron chi connectivity index (χ3n) is 3.84. The van der Waals surface area contributed by atoms with Gasteiger partial charge in [-0.05, 0) is 18.9 Å². The van der Waals surface area contributed by atoms with Crippen LogP contribution in [-0.2, 0) is 16.1 Å². The second kappa shape index (κ2) is 5.98. The van der Waals surface area contributed by atoms with Gasteiger partial charge < -0.3 is 10.2 Å². The van der Waals surface area contributed by atoms with Crippen LogP contribution >= 0.6 is 0 Å². The molecule has 1 unspecified atom stereocenters. The number of hydrogen-bond donors (Lipinski definition) is 1. The van der Waals surface area contributed by atoms with Crippen LogP contribution in [0.5, 0.6) is 0 Å². The Kier molecular flexibility index (Phi) is 4.44. The molecule has 2 rings (SSSR count). The van der Waals surface area contributed by atoms with Crippen LogP contribution in [-0.4, -0.2) is 35.0 Å². The van der Waals surface area contributed by atoms with Crippen molar-refractivity contribution in [2.75, 3.05) is 6.54 Å². The van der Waals surface area contributed by atoms with Gasteiger partial charge in [0.15, 0.2) is 0 Å². The van der Waals surface area contributed by atoms with E-state index in [-0.39, 0.29) is 19.4 Å². The van der Waals surface area contributed by atoms with E-state index in [1.165, 1.54) is 6.92 Å². The van der Waals surface area contributed by atoms with E-state index in [0.717, 1.165) is 5.56 Å². The summed E-state index contributed by atoms with van der Waals surface area (Å²) >= 11 is 0. The first-order valence-electron chi connectivity index (χ1n) is 6.92. The molecule has 1 aromatic rings. The minimum Gasteiger partial charge on any atom is -0.350 e.